The number of rotatable bonds is 7. The van der Waals surface area contributed by atoms with Crippen molar-refractivity contribution in [1.82, 2.24) is 10.8 Å². The van der Waals surface area contributed by atoms with Crippen molar-refractivity contribution in [3.63, 3.8) is 0 Å². The van der Waals surface area contributed by atoms with Gasteiger partial charge < -0.3 is 15.3 Å². The fraction of sp³-hybridized carbons (Fsp3) is 0.308. The molecule has 1 amide bonds. The molecular formula is C13H16N2O5Zn. The average Bonchev–Trinajstić information content (AvgIpc) is 2.44. The standard InChI is InChI=1S/C13H16N2O5.Zn/c1-14-20-11(16)8-7-10(13(18)19)15-12(17)9-5-3-2-4-6-9;/h2-6,10,14H,7-8H2,1H3,(H,15,17)(H,18,19);/t10-;/m0./s1. The Bertz CT molecular complexity index is 481. The second-order valence-electron chi connectivity index (χ2n) is 3.95. The van der Waals surface area contributed by atoms with Gasteiger partial charge in [-0.05, 0) is 18.6 Å². The molecule has 8 heteroatoms. The average molecular weight is 346 g/mol. The van der Waals surface area contributed by atoms with Crippen LogP contribution in [0.15, 0.2) is 30.3 Å². The smallest absolute Gasteiger partial charge is 0.326 e. The van der Waals surface area contributed by atoms with Crippen molar-refractivity contribution in [3.8, 4) is 0 Å². The van der Waals surface area contributed by atoms with Gasteiger partial charge in [0.05, 0.1) is 0 Å². The van der Waals surface area contributed by atoms with E-state index in [1.165, 1.54) is 7.05 Å². The van der Waals surface area contributed by atoms with Gasteiger partial charge in [0.1, 0.15) is 6.04 Å². The SMILES string of the molecule is CNOC(=O)CC[C@H](NC(=O)c1ccccc1)C(=O)O.[Zn]. The van der Waals surface area contributed by atoms with Crippen LogP contribution in [-0.4, -0.2) is 36.0 Å². The molecule has 3 N–H and O–H groups in total. The molecule has 0 radical (unpaired) electrons. The van der Waals surface area contributed by atoms with Crippen LogP contribution in [0.2, 0.25) is 0 Å². The number of hydrogen-bond acceptors (Lipinski definition) is 5. The van der Waals surface area contributed by atoms with Crippen LogP contribution < -0.4 is 10.8 Å². The van der Waals surface area contributed by atoms with Crippen molar-refractivity contribution in [2.75, 3.05) is 7.05 Å². The van der Waals surface area contributed by atoms with Gasteiger partial charge in [-0.25, -0.2) is 4.79 Å². The topological polar surface area (TPSA) is 105 Å². The van der Waals surface area contributed by atoms with E-state index >= 15 is 0 Å². The third kappa shape index (κ3) is 6.97. The maximum absolute atomic E-state index is 11.8. The van der Waals surface area contributed by atoms with E-state index in [4.69, 9.17) is 5.11 Å². The Morgan fingerprint density at radius 3 is 2.38 bits per heavy atom. The zero-order valence-corrected chi connectivity index (χ0v) is 14.6. The maximum atomic E-state index is 11.8. The molecule has 0 saturated heterocycles. The maximum Gasteiger partial charge on any atom is 0.326 e. The number of benzene rings is 1. The van der Waals surface area contributed by atoms with Crippen molar-refractivity contribution in [2.24, 2.45) is 0 Å². The van der Waals surface area contributed by atoms with Gasteiger partial charge in [0.2, 0.25) is 0 Å². The Balaban J connectivity index is 0.00000400. The van der Waals surface area contributed by atoms with Crippen molar-refractivity contribution in [2.45, 2.75) is 18.9 Å². The molecule has 0 aliphatic heterocycles. The van der Waals surface area contributed by atoms with Crippen LogP contribution in [-0.2, 0) is 33.9 Å². The number of carboxylic acids is 1. The zero-order valence-electron chi connectivity index (χ0n) is 11.7. The van der Waals surface area contributed by atoms with E-state index in [1.54, 1.807) is 30.3 Å². The first kappa shape index (κ1) is 19.2. The molecule has 0 bridgehead atoms. The predicted octanol–water partition coefficient (Wildman–Crippen LogP) is 0.325. The van der Waals surface area contributed by atoms with E-state index in [1.807, 2.05) is 0 Å². The summed E-state index contributed by atoms with van der Waals surface area (Å²) in [5, 5.41) is 11.4. The van der Waals surface area contributed by atoms with Crippen LogP contribution in [0.1, 0.15) is 23.2 Å². The first-order valence-corrected chi connectivity index (χ1v) is 5.99. The molecular weight excluding hydrogens is 330 g/mol. The molecule has 1 aromatic carbocycles. The molecule has 0 aromatic heterocycles. The van der Waals surface area contributed by atoms with Gasteiger partial charge in [0, 0.05) is 38.5 Å². The van der Waals surface area contributed by atoms with Crippen LogP contribution >= 0.6 is 0 Å². The Kier molecular flexibility index (Phi) is 9.16. The van der Waals surface area contributed by atoms with Crippen LogP contribution in [0.4, 0.5) is 0 Å². The van der Waals surface area contributed by atoms with Crippen LogP contribution in [0.3, 0.4) is 0 Å². The summed E-state index contributed by atoms with van der Waals surface area (Å²) in [4.78, 5) is 38.5. The van der Waals surface area contributed by atoms with Gasteiger partial charge in [-0.3, -0.25) is 9.59 Å². The Morgan fingerprint density at radius 2 is 1.86 bits per heavy atom. The number of hydrogen-bond donors (Lipinski definition) is 3. The molecule has 7 nitrogen and oxygen atoms in total. The molecule has 1 atom stereocenters. The van der Waals surface area contributed by atoms with E-state index in [2.05, 4.69) is 15.6 Å². The molecule has 1 rings (SSSR count). The van der Waals surface area contributed by atoms with Gasteiger partial charge >= 0.3 is 11.9 Å². The monoisotopic (exact) mass is 344 g/mol. The minimum absolute atomic E-state index is 0. The number of carbonyl (C=O) groups is 3. The minimum Gasteiger partial charge on any atom is -0.480 e. The first-order chi connectivity index (χ1) is 9.54. The molecule has 0 saturated carbocycles. The second-order valence-corrected chi connectivity index (χ2v) is 3.95. The third-order valence-corrected chi connectivity index (χ3v) is 2.49. The third-order valence-electron chi connectivity index (χ3n) is 2.49. The molecule has 0 heterocycles. The number of amides is 1. The number of carbonyl (C=O) groups excluding carboxylic acids is 2. The fourth-order valence-electron chi connectivity index (χ4n) is 1.52. The van der Waals surface area contributed by atoms with Crippen LogP contribution in [0, 0.1) is 0 Å². The van der Waals surface area contributed by atoms with E-state index in [0.717, 1.165) is 0 Å². The van der Waals surface area contributed by atoms with E-state index in [9.17, 15) is 14.4 Å². The van der Waals surface area contributed by atoms with E-state index < -0.39 is 23.9 Å². The molecule has 0 fully saturated rings. The number of aliphatic carboxylic acids is 1. The normalized spacial score (nSPS) is 10.9. The van der Waals surface area contributed by atoms with Crippen LogP contribution in [0.5, 0.6) is 0 Å². The molecule has 110 valence electrons. The Hall–Kier alpha value is -1.79. The molecule has 0 spiro atoms. The van der Waals surface area contributed by atoms with Gasteiger partial charge in [0.15, 0.2) is 0 Å². The van der Waals surface area contributed by atoms with Crippen molar-refractivity contribution in [1.29, 1.82) is 0 Å². The summed E-state index contributed by atoms with van der Waals surface area (Å²) in [6, 6.07) is 7.10. The fourth-order valence-corrected chi connectivity index (χ4v) is 1.52. The first-order valence-electron chi connectivity index (χ1n) is 5.99. The van der Waals surface area contributed by atoms with Gasteiger partial charge in [-0.15, -0.1) is 0 Å². The summed E-state index contributed by atoms with van der Waals surface area (Å²) in [5.41, 5.74) is 2.56. The molecule has 21 heavy (non-hydrogen) atoms. The molecule has 0 aliphatic carbocycles. The van der Waals surface area contributed by atoms with Gasteiger partial charge in [-0.2, -0.15) is 5.48 Å². The van der Waals surface area contributed by atoms with E-state index in [-0.39, 0.29) is 32.3 Å². The summed E-state index contributed by atoms with van der Waals surface area (Å²) >= 11 is 0. The summed E-state index contributed by atoms with van der Waals surface area (Å²) < 4.78 is 0. The Labute approximate surface area is 134 Å². The summed E-state index contributed by atoms with van der Waals surface area (Å²) in [6.07, 6.45) is -0.165. The van der Waals surface area contributed by atoms with Gasteiger partial charge in [0.25, 0.3) is 5.91 Å². The largest absolute Gasteiger partial charge is 0.480 e. The molecule has 0 unspecified atom stereocenters. The zero-order chi connectivity index (χ0) is 15.0. The number of hydroxylamine groups is 1. The number of carboxylic acid groups (broad SMARTS) is 1. The summed E-state index contributed by atoms with van der Waals surface area (Å²) in [5.74, 6) is -2.29. The van der Waals surface area contributed by atoms with Crippen molar-refractivity contribution >= 4 is 17.8 Å². The Morgan fingerprint density at radius 1 is 1.24 bits per heavy atom. The predicted molar refractivity (Wildman–Crippen MR) is 69.7 cm³/mol. The van der Waals surface area contributed by atoms with Crippen LogP contribution in [0.25, 0.3) is 0 Å². The quantitative estimate of drug-likeness (QED) is 0.486. The summed E-state index contributed by atoms with van der Waals surface area (Å²) in [7, 11) is 1.42. The summed E-state index contributed by atoms with van der Waals surface area (Å²) in [6.45, 7) is 0. The number of nitrogens with one attached hydrogen (secondary N) is 2. The minimum atomic E-state index is -1.20. The second kappa shape index (κ2) is 10.0. The van der Waals surface area contributed by atoms with Crippen molar-refractivity contribution < 1.29 is 43.8 Å². The van der Waals surface area contributed by atoms with E-state index in [0.29, 0.717) is 5.56 Å². The van der Waals surface area contributed by atoms with Gasteiger partial charge in [-0.1, -0.05) is 18.2 Å². The molecule has 0 aliphatic rings. The van der Waals surface area contributed by atoms with Crippen molar-refractivity contribution in [3.05, 3.63) is 35.9 Å². The molecule has 1 aromatic rings.